The van der Waals surface area contributed by atoms with Crippen LogP contribution in [0.15, 0.2) is 48.5 Å². The number of pyridine rings is 1. The zero-order valence-electron chi connectivity index (χ0n) is 14.5. The molecule has 0 radical (unpaired) electrons. The van der Waals surface area contributed by atoms with E-state index < -0.39 is 11.7 Å². The number of anilines is 2. The quantitative estimate of drug-likeness (QED) is 0.633. The number of hydrogen-bond donors (Lipinski definition) is 1. The number of benzene rings is 2. The molecule has 0 bridgehead atoms. The summed E-state index contributed by atoms with van der Waals surface area (Å²) in [6.45, 7) is 2.65. The molecule has 1 aromatic heterocycles. The second-order valence-electron chi connectivity index (χ2n) is 6.46. The standard InChI is InChI=1S/C20H17F3N2O2/c1-12-6-19(17-4-2-3-5-18(17)24-12)25-14-7-13(20(21,22)23)8-15(9-14)26-10-16-11-27-16/h2-9,16H,10-11H2,1H3,(H,24,25). The normalized spacial score (nSPS) is 16.4. The molecule has 2 heterocycles. The molecule has 0 amide bonds. The highest BCUT2D eigenvalue weighted by Gasteiger charge is 2.32. The first-order valence-corrected chi connectivity index (χ1v) is 8.48. The molecule has 27 heavy (non-hydrogen) atoms. The highest BCUT2D eigenvalue weighted by molar-refractivity contribution is 5.93. The third kappa shape index (κ3) is 4.14. The molecule has 4 rings (SSSR count). The molecule has 140 valence electrons. The number of nitrogens with one attached hydrogen (secondary N) is 1. The molecule has 1 fully saturated rings. The fourth-order valence-corrected chi connectivity index (χ4v) is 2.84. The molecule has 1 unspecified atom stereocenters. The Balaban J connectivity index is 1.71. The Morgan fingerprint density at radius 3 is 2.70 bits per heavy atom. The van der Waals surface area contributed by atoms with E-state index in [1.165, 1.54) is 0 Å². The van der Waals surface area contributed by atoms with Gasteiger partial charge in [0.25, 0.3) is 0 Å². The zero-order valence-corrected chi connectivity index (χ0v) is 14.5. The van der Waals surface area contributed by atoms with Crippen molar-refractivity contribution in [1.29, 1.82) is 0 Å². The number of aromatic nitrogens is 1. The zero-order chi connectivity index (χ0) is 19.0. The van der Waals surface area contributed by atoms with Crippen molar-refractivity contribution in [3.63, 3.8) is 0 Å². The fraction of sp³-hybridized carbons (Fsp3) is 0.250. The second-order valence-corrected chi connectivity index (χ2v) is 6.46. The first-order chi connectivity index (χ1) is 12.9. The minimum Gasteiger partial charge on any atom is -0.491 e. The molecule has 7 heteroatoms. The van der Waals surface area contributed by atoms with Crippen LogP contribution < -0.4 is 10.1 Å². The summed E-state index contributed by atoms with van der Waals surface area (Å²) >= 11 is 0. The predicted octanol–water partition coefficient (Wildman–Crippen LogP) is 5.08. The van der Waals surface area contributed by atoms with Crippen LogP contribution in [0.2, 0.25) is 0 Å². The molecule has 2 aromatic carbocycles. The van der Waals surface area contributed by atoms with Gasteiger partial charge in [-0.05, 0) is 31.2 Å². The van der Waals surface area contributed by atoms with Crippen LogP contribution >= 0.6 is 0 Å². The number of rotatable bonds is 5. The molecule has 1 atom stereocenters. The maximum Gasteiger partial charge on any atom is 0.416 e. The number of alkyl halides is 3. The molecule has 4 nitrogen and oxygen atoms in total. The Labute approximate surface area is 153 Å². The van der Waals surface area contributed by atoms with Crippen LogP contribution in [0.3, 0.4) is 0 Å². The average Bonchev–Trinajstić information content (AvgIpc) is 3.43. The van der Waals surface area contributed by atoms with Crippen LogP contribution in [0.5, 0.6) is 5.75 Å². The Kier molecular flexibility index (Phi) is 4.39. The molecule has 0 saturated carbocycles. The Hall–Kier alpha value is -2.80. The number of epoxide rings is 1. The van der Waals surface area contributed by atoms with Crippen molar-refractivity contribution >= 4 is 22.3 Å². The number of hydrogen-bond acceptors (Lipinski definition) is 4. The van der Waals surface area contributed by atoms with Gasteiger partial charge in [-0.1, -0.05) is 18.2 Å². The monoisotopic (exact) mass is 374 g/mol. The Morgan fingerprint density at radius 1 is 1.19 bits per heavy atom. The first-order valence-electron chi connectivity index (χ1n) is 8.48. The fourth-order valence-electron chi connectivity index (χ4n) is 2.84. The van der Waals surface area contributed by atoms with E-state index in [0.717, 1.165) is 28.7 Å². The van der Waals surface area contributed by atoms with Crippen molar-refractivity contribution in [2.45, 2.75) is 19.2 Å². The number of nitrogens with zero attached hydrogens (tertiary/aromatic N) is 1. The molecule has 0 aliphatic carbocycles. The van der Waals surface area contributed by atoms with E-state index >= 15 is 0 Å². The molecule has 1 aliphatic heterocycles. The SMILES string of the molecule is Cc1cc(Nc2cc(OCC3CO3)cc(C(F)(F)F)c2)c2ccccc2n1. The summed E-state index contributed by atoms with van der Waals surface area (Å²) in [5.74, 6) is 0.151. The van der Waals surface area contributed by atoms with Gasteiger partial charge in [0.15, 0.2) is 0 Å². The van der Waals surface area contributed by atoms with Crippen molar-refractivity contribution in [3.05, 3.63) is 59.8 Å². The number of fused-ring (bicyclic) bond motifs is 1. The van der Waals surface area contributed by atoms with Gasteiger partial charge in [-0.3, -0.25) is 4.98 Å². The van der Waals surface area contributed by atoms with Gasteiger partial charge in [-0.15, -0.1) is 0 Å². The maximum atomic E-state index is 13.3. The van der Waals surface area contributed by atoms with E-state index in [1.807, 2.05) is 31.2 Å². The lowest BCUT2D eigenvalue weighted by atomic mass is 10.1. The van der Waals surface area contributed by atoms with Crippen molar-refractivity contribution in [3.8, 4) is 5.75 Å². The van der Waals surface area contributed by atoms with Crippen molar-refractivity contribution < 1.29 is 22.6 Å². The van der Waals surface area contributed by atoms with E-state index in [1.54, 1.807) is 12.1 Å². The molecular formula is C20H17F3N2O2. The van der Waals surface area contributed by atoms with Gasteiger partial charge in [0.1, 0.15) is 18.5 Å². The van der Waals surface area contributed by atoms with Gasteiger partial charge in [-0.25, -0.2) is 0 Å². The highest BCUT2D eigenvalue weighted by Crippen LogP contribution is 2.36. The van der Waals surface area contributed by atoms with Gasteiger partial charge < -0.3 is 14.8 Å². The van der Waals surface area contributed by atoms with Crippen molar-refractivity contribution in [1.82, 2.24) is 4.98 Å². The Bertz CT molecular complexity index is 985. The molecule has 0 spiro atoms. The Morgan fingerprint density at radius 2 is 1.96 bits per heavy atom. The highest BCUT2D eigenvalue weighted by atomic mass is 19.4. The summed E-state index contributed by atoms with van der Waals surface area (Å²) in [6.07, 6.45) is -4.51. The third-order valence-corrected chi connectivity index (χ3v) is 4.20. The van der Waals surface area contributed by atoms with Gasteiger partial charge in [0.05, 0.1) is 17.7 Å². The lowest BCUT2D eigenvalue weighted by Gasteiger charge is -2.15. The summed E-state index contributed by atoms with van der Waals surface area (Å²) in [4.78, 5) is 4.45. The number of ether oxygens (including phenoxy) is 2. The first kappa shape index (κ1) is 17.6. The molecule has 1 saturated heterocycles. The summed E-state index contributed by atoms with van der Waals surface area (Å²) < 4.78 is 50.4. The van der Waals surface area contributed by atoms with E-state index in [2.05, 4.69) is 10.3 Å². The molecular weight excluding hydrogens is 357 g/mol. The predicted molar refractivity (Wildman–Crippen MR) is 96.4 cm³/mol. The number of halogens is 3. The maximum absolute atomic E-state index is 13.3. The summed E-state index contributed by atoms with van der Waals surface area (Å²) in [5.41, 5.74) is 1.76. The number of para-hydroxylation sites is 1. The summed E-state index contributed by atoms with van der Waals surface area (Å²) in [5, 5.41) is 3.92. The van der Waals surface area contributed by atoms with Gasteiger partial charge >= 0.3 is 6.18 Å². The lowest BCUT2D eigenvalue weighted by molar-refractivity contribution is -0.137. The van der Waals surface area contributed by atoms with Gasteiger partial charge in [0, 0.05) is 28.5 Å². The van der Waals surface area contributed by atoms with Crippen LogP contribution in [-0.4, -0.2) is 24.3 Å². The number of aryl methyl sites for hydroxylation is 1. The van der Waals surface area contributed by atoms with Gasteiger partial charge in [-0.2, -0.15) is 13.2 Å². The van der Waals surface area contributed by atoms with Crippen molar-refractivity contribution in [2.24, 2.45) is 0 Å². The minimum absolute atomic E-state index is 0.0391. The van der Waals surface area contributed by atoms with Crippen LogP contribution in [0, 0.1) is 6.92 Å². The third-order valence-electron chi connectivity index (χ3n) is 4.20. The van der Waals surface area contributed by atoms with Crippen LogP contribution in [-0.2, 0) is 10.9 Å². The van der Waals surface area contributed by atoms with Gasteiger partial charge in [0.2, 0.25) is 0 Å². The second kappa shape index (κ2) is 6.74. The smallest absolute Gasteiger partial charge is 0.416 e. The minimum atomic E-state index is -4.47. The molecule has 1 aliphatic rings. The average molecular weight is 374 g/mol. The van der Waals surface area contributed by atoms with E-state index in [-0.39, 0.29) is 18.5 Å². The molecule has 1 N–H and O–H groups in total. The summed E-state index contributed by atoms with van der Waals surface area (Å²) in [7, 11) is 0. The van der Waals surface area contributed by atoms with E-state index in [4.69, 9.17) is 9.47 Å². The van der Waals surface area contributed by atoms with Crippen molar-refractivity contribution in [2.75, 3.05) is 18.5 Å². The van der Waals surface area contributed by atoms with Crippen LogP contribution in [0.1, 0.15) is 11.3 Å². The topological polar surface area (TPSA) is 46.7 Å². The van der Waals surface area contributed by atoms with Crippen LogP contribution in [0.25, 0.3) is 10.9 Å². The van der Waals surface area contributed by atoms with Crippen LogP contribution in [0.4, 0.5) is 24.5 Å². The largest absolute Gasteiger partial charge is 0.491 e. The van der Waals surface area contributed by atoms with E-state index in [9.17, 15) is 13.2 Å². The van der Waals surface area contributed by atoms with E-state index in [0.29, 0.717) is 18.0 Å². The summed E-state index contributed by atoms with van der Waals surface area (Å²) in [6, 6.07) is 12.9. The molecule has 3 aromatic rings. The lowest BCUT2D eigenvalue weighted by Crippen LogP contribution is -2.09.